The normalized spacial score (nSPS) is 10.4. The van der Waals surface area contributed by atoms with Crippen LogP contribution in [0.3, 0.4) is 0 Å². The zero-order valence-corrected chi connectivity index (χ0v) is 11.5. The van der Waals surface area contributed by atoms with Crippen LogP contribution in [0.2, 0.25) is 0 Å². The van der Waals surface area contributed by atoms with Gasteiger partial charge >= 0.3 is 0 Å². The summed E-state index contributed by atoms with van der Waals surface area (Å²) in [6.07, 6.45) is 0. The Bertz CT molecular complexity index is 553. The van der Waals surface area contributed by atoms with Crippen LogP contribution < -0.4 is 10.6 Å². The number of nitrogens with zero attached hydrogens (tertiary/aromatic N) is 1. The number of aryl methyl sites for hydroxylation is 3. The maximum absolute atomic E-state index is 5.80. The van der Waals surface area contributed by atoms with Crippen molar-refractivity contribution in [3.63, 3.8) is 0 Å². The van der Waals surface area contributed by atoms with E-state index in [4.69, 9.17) is 5.73 Å². The van der Waals surface area contributed by atoms with E-state index in [-0.39, 0.29) is 0 Å². The van der Waals surface area contributed by atoms with Gasteiger partial charge in [0.25, 0.3) is 0 Å². The molecule has 0 saturated carbocycles. The van der Waals surface area contributed by atoms with Gasteiger partial charge in [-0.1, -0.05) is 6.07 Å². The molecule has 0 heterocycles. The Morgan fingerprint density at radius 3 is 2.06 bits per heavy atom. The second-order valence-electron chi connectivity index (χ2n) is 4.95. The van der Waals surface area contributed by atoms with Crippen LogP contribution in [0, 0.1) is 20.8 Å². The van der Waals surface area contributed by atoms with E-state index in [1.807, 2.05) is 12.1 Å². The average Bonchev–Trinajstić information content (AvgIpc) is 2.26. The van der Waals surface area contributed by atoms with Crippen molar-refractivity contribution in [1.29, 1.82) is 0 Å². The van der Waals surface area contributed by atoms with E-state index in [0.29, 0.717) is 0 Å². The maximum Gasteiger partial charge on any atom is 0.0439 e. The van der Waals surface area contributed by atoms with Crippen LogP contribution in [0.5, 0.6) is 0 Å². The third-order valence-electron chi connectivity index (χ3n) is 3.18. The Balaban J connectivity index is 2.44. The van der Waals surface area contributed by atoms with Crippen molar-refractivity contribution in [2.45, 2.75) is 20.8 Å². The largest absolute Gasteiger partial charge is 0.399 e. The smallest absolute Gasteiger partial charge is 0.0439 e. The van der Waals surface area contributed by atoms with Gasteiger partial charge in [0.05, 0.1) is 0 Å². The first-order valence-electron chi connectivity index (χ1n) is 6.15. The van der Waals surface area contributed by atoms with Gasteiger partial charge in [-0.2, -0.15) is 0 Å². The van der Waals surface area contributed by atoms with Crippen LogP contribution in [0.15, 0.2) is 36.4 Å². The fraction of sp³-hybridized carbons (Fsp3) is 0.250. The first kappa shape index (κ1) is 12.5. The number of hydrogen-bond donors (Lipinski definition) is 1. The van der Waals surface area contributed by atoms with Gasteiger partial charge < -0.3 is 10.6 Å². The Kier molecular flexibility index (Phi) is 3.28. The van der Waals surface area contributed by atoms with Crippen LogP contribution >= 0.6 is 0 Å². The highest BCUT2D eigenvalue weighted by Gasteiger charge is 2.07. The topological polar surface area (TPSA) is 29.3 Å². The van der Waals surface area contributed by atoms with Gasteiger partial charge in [-0.3, -0.25) is 0 Å². The Morgan fingerprint density at radius 1 is 0.889 bits per heavy atom. The fourth-order valence-corrected chi connectivity index (χ4v) is 2.34. The molecule has 2 aromatic rings. The number of nitrogens with two attached hydrogens (primary N) is 1. The van der Waals surface area contributed by atoms with Crippen LogP contribution in [-0.2, 0) is 0 Å². The lowest BCUT2D eigenvalue weighted by molar-refractivity contribution is 1.17. The number of hydrogen-bond acceptors (Lipinski definition) is 2. The van der Waals surface area contributed by atoms with Gasteiger partial charge in [0.1, 0.15) is 0 Å². The zero-order valence-electron chi connectivity index (χ0n) is 11.5. The van der Waals surface area contributed by atoms with E-state index in [0.717, 1.165) is 5.69 Å². The van der Waals surface area contributed by atoms with E-state index in [9.17, 15) is 0 Å². The molecule has 2 N–H and O–H groups in total. The minimum atomic E-state index is 0.810. The molecule has 0 bridgehead atoms. The minimum absolute atomic E-state index is 0.810. The highest BCUT2D eigenvalue weighted by atomic mass is 15.1. The summed E-state index contributed by atoms with van der Waals surface area (Å²) >= 11 is 0. The summed E-state index contributed by atoms with van der Waals surface area (Å²) in [5, 5.41) is 0. The van der Waals surface area contributed by atoms with Gasteiger partial charge in [0, 0.05) is 24.1 Å². The van der Waals surface area contributed by atoms with Crippen LogP contribution in [-0.4, -0.2) is 7.05 Å². The molecule has 0 aliphatic heterocycles. The van der Waals surface area contributed by atoms with Crippen molar-refractivity contribution in [3.05, 3.63) is 53.1 Å². The van der Waals surface area contributed by atoms with Crippen molar-refractivity contribution < 1.29 is 0 Å². The molecule has 0 atom stereocenters. The van der Waals surface area contributed by atoms with Crippen molar-refractivity contribution in [1.82, 2.24) is 0 Å². The molecule has 2 aromatic carbocycles. The third-order valence-corrected chi connectivity index (χ3v) is 3.18. The summed E-state index contributed by atoms with van der Waals surface area (Å²) in [5.41, 5.74) is 12.8. The molecule has 2 nitrogen and oxygen atoms in total. The highest BCUT2D eigenvalue weighted by Crippen LogP contribution is 2.29. The molecule has 0 unspecified atom stereocenters. The summed E-state index contributed by atoms with van der Waals surface area (Å²) in [4.78, 5) is 2.20. The lowest BCUT2D eigenvalue weighted by atomic mass is 10.1. The Labute approximate surface area is 109 Å². The molecule has 2 rings (SSSR count). The first-order valence-corrected chi connectivity index (χ1v) is 6.15. The number of nitrogen functional groups attached to an aromatic ring is 1. The fourth-order valence-electron chi connectivity index (χ4n) is 2.34. The average molecular weight is 240 g/mol. The van der Waals surface area contributed by atoms with E-state index in [1.54, 1.807) is 0 Å². The predicted octanol–water partition coefficient (Wildman–Crippen LogP) is 3.96. The van der Waals surface area contributed by atoms with Gasteiger partial charge in [-0.25, -0.2) is 0 Å². The minimum Gasteiger partial charge on any atom is -0.399 e. The van der Waals surface area contributed by atoms with Crippen molar-refractivity contribution in [2.24, 2.45) is 0 Å². The lowest BCUT2D eigenvalue weighted by Gasteiger charge is -2.23. The maximum atomic E-state index is 5.80. The monoisotopic (exact) mass is 240 g/mol. The summed E-state index contributed by atoms with van der Waals surface area (Å²) in [5.74, 6) is 0. The standard InChI is InChI=1S/C16H20N2/c1-11-7-12(2)9-15(8-11)18(4)16-6-5-14(17)10-13(16)3/h5-10H,17H2,1-4H3. The lowest BCUT2D eigenvalue weighted by Crippen LogP contribution is -2.11. The summed E-state index contributed by atoms with van der Waals surface area (Å²) in [6, 6.07) is 12.6. The molecule has 0 fully saturated rings. The summed E-state index contributed by atoms with van der Waals surface area (Å²) in [6.45, 7) is 6.34. The second-order valence-corrected chi connectivity index (χ2v) is 4.95. The molecule has 0 radical (unpaired) electrons. The van der Waals surface area contributed by atoms with Crippen LogP contribution in [0.1, 0.15) is 16.7 Å². The zero-order chi connectivity index (χ0) is 13.3. The molecule has 2 heteroatoms. The molecule has 94 valence electrons. The van der Waals surface area contributed by atoms with Gasteiger partial charge in [-0.05, 0) is 67.8 Å². The predicted molar refractivity (Wildman–Crippen MR) is 79.6 cm³/mol. The van der Waals surface area contributed by atoms with Crippen molar-refractivity contribution in [3.8, 4) is 0 Å². The molecule has 0 saturated heterocycles. The van der Waals surface area contributed by atoms with Crippen LogP contribution in [0.4, 0.5) is 17.1 Å². The summed E-state index contributed by atoms with van der Waals surface area (Å²) in [7, 11) is 2.09. The number of benzene rings is 2. The van der Waals surface area contributed by atoms with Gasteiger partial charge in [-0.15, -0.1) is 0 Å². The number of anilines is 3. The molecule has 0 spiro atoms. The van der Waals surface area contributed by atoms with Crippen molar-refractivity contribution in [2.75, 3.05) is 17.7 Å². The molecule has 0 amide bonds. The molecular formula is C16H20N2. The molecular weight excluding hydrogens is 220 g/mol. The third kappa shape index (κ3) is 2.48. The second kappa shape index (κ2) is 4.73. The highest BCUT2D eigenvalue weighted by molar-refractivity contribution is 5.68. The Morgan fingerprint density at radius 2 is 1.50 bits per heavy atom. The quantitative estimate of drug-likeness (QED) is 0.805. The molecule has 18 heavy (non-hydrogen) atoms. The van der Waals surface area contributed by atoms with Crippen LogP contribution in [0.25, 0.3) is 0 Å². The van der Waals surface area contributed by atoms with E-state index < -0.39 is 0 Å². The number of rotatable bonds is 2. The SMILES string of the molecule is Cc1cc(C)cc(N(C)c2ccc(N)cc2C)c1. The van der Waals surface area contributed by atoms with Gasteiger partial charge in [0.15, 0.2) is 0 Å². The Hall–Kier alpha value is -1.96. The molecule has 0 aromatic heterocycles. The summed E-state index contributed by atoms with van der Waals surface area (Å²) < 4.78 is 0. The van der Waals surface area contributed by atoms with Gasteiger partial charge in [0.2, 0.25) is 0 Å². The van der Waals surface area contributed by atoms with E-state index in [1.165, 1.54) is 28.1 Å². The van der Waals surface area contributed by atoms with Crippen molar-refractivity contribution >= 4 is 17.1 Å². The molecule has 0 aliphatic rings. The van der Waals surface area contributed by atoms with E-state index >= 15 is 0 Å². The van der Waals surface area contributed by atoms with E-state index in [2.05, 4.69) is 57.0 Å². The first-order chi connectivity index (χ1) is 8.47. The molecule has 0 aliphatic carbocycles.